The molecular weight excluding hydrogens is 228 g/mol. The number of anilines is 1. The monoisotopic (exact) mass is 248 g/mol. The van der Waals surface area contributed by atoms with Crippen molar-refractivity contribution in [1.82, 2.24) is 5.32 Å². The molecule has 0 aromatic heterocycles. The fourth-order valence-electron chi connectivity index (χ4n) is 2.34. The number of benzene rings is 1. The number of hydrogen-bond donors (Lipinski definition) is 2. The molecule has 0 atom stereocenters. The smallest absolute Gasteiger partial charge is 0.404 e. The SMILES string of the molecule is O=C(O)NCCc1ccc(N2CCCCC2)cc1. The average Bonchev–Trinajstić information content (AvgIpc) is 2.40. The third-order valence-corrected chi connectivity index (χ3v) is 3.35. The molecule has 1 aliphatic rings. The van der Waals surface area contributed by atoms with Gasteiger partial charge in [0.2, 0.25) is 0 Å². The van der Waals surface area contributed by atoms with Gasteiger partial charge in [0, 0.05) is 25.3 Å². The molecule has 1 aromatic carbocycles. The Morgan fingerprint density at radius 2 is 1.83 bits per heavy atom. The van der Waals surface area contributed by atoms with Crippen LogP contribution in [0.15, 0.2) is 24.3 Å². The maximum atomic E-state index is 10.3. The highest BCUT2D eigenvalue weighted by Gasteiger charge is 2.10. The van der Waals surface area contributed by atoms with Crippen molar-refractivity contribution in [1.29, 1.82) is 0 Å². The molecule has 1 aromatic rings. The molecule has 2 N–H and O–H groups in total. The summed E-state index contributed by atoms with van der Waals surface area (Å²) in [6, 6.07) is 8.46. The predicted molar refractivity (Wildman–Crippen MR) is 72.2 cm³/mol. The molecule has 0 saturated carbocycles. The number of hydrogen-bond acceptors (Lipinski definition) is 2. The van der Waals surface area contributed by atoms with Crippen molar-refractivity contribution in [2.75, 3.05) is 24.5 Å². The summed E-state index contributed by atoms with van der Waals surface area (Å²) in [6.07, 6.45) is 3.69. The van der Waals surface area contributed by atoms with Gasteiger partial charge in [-0.05, 0) is 43.4 Å². The first kappa shape index (κ1) is 12.7. The minimum Gasteiger partial charge on any atom is -0.465 e. The molecule has 0 radical (unpaired) electrons. The first-order chi connectivity index (χ1) is 8.75. The van der Waals surface area contributed by atoms with E-state index < -0.39 is 6.09 Å². The fraction of sp³-hybridized carbons (Fsp3) is 0.500. The minimum absolute atomic E-state index is 0.471. The first-order valence-electron chi connectivity index (χ1n) is 6.56. The molecule has 4 heteroatoms. The lowest BCUT2D eigenvalue weighted by atomic mass is 10.1. The highest BCUT2D eigenvalue weighted by Crippen LogP contribution is 2.20. The van der Waals surface area contributed by atoms with Crippen LogP contribution in [0.5, 0.6) is 0 Å². The standard InChI is InChI=1S/C14H20N2O2/c17-14(18)15-9-8-12-4-6-13(7-5-12)16-10-2-1-3-11-16/h4-7,15H,1-3,8-11H2,(H,17,18). The van der Waals surface area contributed by atoms with E-state index >= 15 is 0 Å². The zero-order valence-electron chi connectivity index (χ0n) is 10.6. The maximum absolute atomic E-state index is 10.3. The van der Waals surface area contributed by atoms with Crippen molar-refractivity contribution in [3.05, 3.63) is 29.8 Å². The van der Waals surface area contributed by atoms with Crippen LogP contribution in [0.3, 0.4) is 0 Å². The van der Waals surface area contributed by atoms with Gasteiger partial charge >= 0.3 is 6.09 Å². The lowest BCUT2D eigenvalue weighted by Gasteiger charge is -2.28. The first-order valence-corrected chi connectivity index (χ1v) is 6.56. The van der Waals surface area contributed by atoms with Gasteiger partial charge in [-0.3, -0.25) is 0 Å². The number of carbonyl (C=O) groups is 1. The van der Waals surface area contributed by atoms with Gasteiger partial charge in [0.25, 0.3) is 0 Å². The Kier molecular flexibility index (Phi) is 4.45. The van der Waals surface area contributed by atoms with Crippen molar-refractivity contribution in [3.8, 4) is 0 Å². The Morgan fingerprint density at radius 1 is 1.17 bits per heavy atom. The lowest BCUT2D eigenvalue weighted by molar-refractivity contribution is 0.194. The molecule has 1 fully saturated rings. The Morgan fingerprint density at radius 3 is 2.44 bits per heavy atom. The number of nitrogens with one attached hydrogen (secondary N) is 1. The van der Waals surface area contributed by atoms with Crippen molar-refractivity contribution < 1.29 is 9.90 Å². The Labute approximate surface area is 108 Å². The summed E-state index contributed by atoms with van der Waals surface area (Å²) in [4.78, 5) is 12.8. The number of carboxylic acid groups (broad SMARTS) is 1. The Hall–Kier alpha value is -1.71. The highest BCUT2D eigenvalue weighted by molar-refractivity contribution is 5.64. The molecule has 0 unspecified atom stereocenters. The fourth-order valence-corrected chi connectivity index (χ4v) is 2.34. The van der Waals surface area contributed by atoms with Gasteiger partial charge in [0.05, 0.1) is 0 Å². The molecule has 1 heterocycles. The van der Waals surface area contributed by atoms with Gasteiger partial charge in [-0.15, -0.1) is 0 Å². The number of rotatable bonds is 4. The Balaban J connectivity index is 1.86. The highest BCUT2D eigenvalue weighted by atomic mass is 16.4. The summed E-state index contributed by atoms with van der Waals surface area (Å²) in [5.74, 6) is 0. The van der Waals surface area contributed by atoms with E-state index in [1.165, 1.54) is 30.5 Å². The lowest BCUT2D eigenvalue weighted by Crippen LogP contribution is -2.29. The summed E-state index contributed by atoms with van der Waals surface area (Å²) in [5.41, 5.74) is 2.45. The van der Waals surface area contributed by atoms with Crippen LogP contribution >= 0.6 is 0 Å². The van der Waals surface area contributed by atoms with E-state index in [-0.39, 0.29) is 0 Å². The van der Waals surface area contributed by atoms with Crippen molar-refractivity contribution >= 4 is 11.8 Å². The number of piperidine rings is 1. The van der Waals surface area contributed by atoms with Crippen molar-refractivity contribution in [2.45, 2.75) is 25.7 Å². The van der Waals surface area contributed by atoms with Gasteiger partial charge in [0.15, 0.2) is 0 Å². The summed E-state index contributed by atoms with van der Waals surface area (Å²) in [5, 5.41) is 10.9. The predicted octanol–water partition coefficient (Wildman–Crippen LogP) is 2.49. The third kappa shape index (κ3) is 3.65. The van der Waals surface area contributed by atoms with Crippen LogP contribution in [0.25, 0.3) is 0 Å². The molecule has 18 heavy (non-hydrogen) atoms. The summed E-state index contributed by atoms with van der Waals surface area (Å²) in [6.45, 7) is 2.78. The molecule has 0 aliphatic carbocycles. The van der Waals surface area contributed by atoms with E-state index in [4.69, 9.17) is 5.11 Å². The molecule has 1 amide bonds. The van der Waals surface area contributed by atoms with Crippen LogP contribution in [0.2, 0.25) is 0 Å². The van der Waals surface area contributed by atoms with Crippen LogP contribution in [0.1, 0.15) is 24.8 Å². The zero-order chi connectivity index (χ0) is 12.8. The third-order valence-electron chi connectivity index (χ3n) is 3.35. The summed E-state index contributed by atoms with van der Waals surface area (Å²) < 4.78 is 0. The van der Waals surface area contributed by atoms with E-state index in [1.54, 1.807) is 0 Å². The molecule has 1 aliphatic heterocycles. The van der Waals surface area contributed by atoms with Crippen LogP contribution in [-0.4, -0.2) is 30.8 Å². The Bertz CT molecular complexity index is 383. The van der Waals surface area contributed by atoms with Crippen LogP contribution in [0.4, 0.5) is 10.5 Å². The van der Waals surface area contributed by atoms with Gasteiger partial charge in [0.1, 0.15) is 0 Å². The van der Waals surface area contributed by atoms with Gasteiger partial charge < -0.3 is 15.3 Å². The topological polar surface area (TPSA) is 52.6 Å². The number of nitrogens with zero attached hydrogens (tertiary/aromatic N) is 1. The average molecular weight is 248 g/mol. The van der Waals surface area contributed by atoms with E-state index in [0.717, 1.165) is 19.5 Å². The molecule has 1 saturated heterocycles. The zero-order valence-corrected chi connectivity index (χ0v) is 10.6. The molecular formula is C14H20N2O2. The molecule has 0 spiro atoms. The second-order valence-electron chi connectivity index (χ2n) is 4.70. The normalized spacial score (nSPS) is 15.4. The van der Waals surface area contributed by atoms with Crippen LogP contribution in [-0.2, 0) is 6.42 Å². The van der Waals surface area contributed by atoms with Crippen LogP contribution < -0.4 is 10.2 Å². The molecule has 0 bridgehead atoms. The summed E-state index contributed by atoms with van der Waals surface area (Å²) >= 11 is 0. The maximum Gasteiger partial charge on any atom is 0.404 e. The molecule has 98 valence electrons. The number of amides is 1. The second-order valence-corrected chi connectivity index (χ2v) is 4.70. The van der Waals surface area contributed by atoms with Gasteiger partial charge in [-0.1, -0.05) is 12.1 Å². The summed E-state index contributed by atoms with van der Waals surface area (Å²) in [7, 11) is 0. The van der Waals surface area contributed by atoms with Crippen molar-refractivity contribution in [3.63, 3.8) is 0 Å². The van der Waals surface area contributed by atoms with E-state index in [9.17, 15) is 4.79 Å². The van der Waals surface area contributed by atoms with E-state index in [2.05, 4.69) is 34.5 Å². The quantitative estimate of drug-likeness (QED) is 0.860. The van der Waals surface area contributed by atoms with E-state index in [1.807, 2.05) is 0 Å². The molecule has 2 rings (SSSR count). The second kappa shape index (κ2) is 6.28. The van der Waals surface area contributed by atoms with Gasteiger partial charge in [-0.25, -0.2) is 4.79 Å². The largest absolute Gasteiger partial charge is 0.465 e. The minimum atomic E-state index is -0.958. The molecule has 4 nitrogen and oxygen atoms in total. The van der Waals surface area contributed by atoms with E-state index in [0.29, 0.717) is 6.54 Å². The van der Waals surface area contributed by atoms with Crippen molar-refractivity contribution in [2.24, 2.45) is 0 Å². The van der Waals surface area contributed by atoms with Crippen LogP contribution in [0, 0.1) is 0 Å². The van der Waals surface area contributed by atoms with Gasteiger partial charge in [-0.2, -0.15) is 0 Å².